The van der Waals surface area contributed by atoms with Gasteiger partial charge in [-0.1, -0.05) is 13.3 Å². The van der Waals surface area contributed by atoms with Crippen LogP contribution in [0.5, 0.6) is 0 Å². The maximum absolute atomic E-state index is 5.13. The van der Waals surface area contributed by atoms with Gasteiger partial charge in [0.25, 0.3) is 0 Å². The minimum absolute atomic E-state index is 0.720. The molecule has 0 atom stereocenters. The molecule has 0 saturated heterocycles. The lowest BCUT2D eigenvalue weighted by molar-refractivity contribution is 0.202. The summed E-state index contributed by atoms with van der Waals surface area (Å²) in [7, 11) is 3.62. The van der Waals surface area contributed by atoms with Crippen molar-refractivity contribution in [3.05, 3.63) is 16.1 Å². The summed E-state index contributed by atoms with van der Waals surface area (Å²) in [6.45, 7) is 2.90. The summed E-state index contributed by atoms with van der Waals surface area (Å²) in [5, 5.41) is 7.26. The number of rotatable bonds is 7. The second kappa shape index (κ2) is 6.98. The number of aromatic nitrogens is 2. The van der Waals surface area contributed by atoms with E-state index in [-0.39, 0.29) is 0 Å². The Bertz CT molecular complexity index is 522. The van der Waals surface area contributed by atoms with Gasteiger partial charge in [-0.2, -0.15) is 0 Å². The van der Waals surface area contributed by atoms with Gasteiger partial charge in [-0.05, 0) is 6.42 Å². The first kappa shape index (κ1) is 14.4. The van der Waals surface area contributed by atoms with Crippen molar-refractivity contribution in [2.75, 3.05) is 26.1 Å². The zero-order valence-electron chi connectivity index (χ0n) is 11.5. The molecule has 2 rings (SSSR count). The lowest BCUT2D eigenvalue weighted by atomic mass is 10.2. The van der Waals surface area contributed by atoms with Crippen LogP contribution in [0.4, 0.5) is 5.13 Å². The van der Waals surface area contributed by atoms with Crippen molar-refractivity contribution in [1.29, 1.82) is 0 Å². The van der Waals surface area contributed by atoms with Crippen molar-refractivity contribution in [3.63, 3.8) is 0 Å². The van der Waals surface area contributed by atoms with Gasteiger partial charge in [0.1, 0.15) is 0 Å². The normalized spacial score (nSPS) is 10.9. The highest BCUT2D eigenvalue weighted by atomic mass is 32.1. The van der Waals surface area contributed by atoms with Crippen LogP contribution in [0.25, 0.3) is 10.6 Å². The van der Waals surface area contributed by atoms with Gasteiger partial charge in [-0.3, -0.25) is 0 Å². The number of anilines is 1. The molecule has 0 bridgehead atoms. The molecule has 19 heavy (non-hydrogen) atoms. The van der Waals surface area contributed by atoms with Gasteiger partial charge in [0.2, 0.25) is 0 Å². The van der Waals surface area contributed by atoms with Crippen molar-refractivity contribution < 1.29 is 4.74 Å². The molecule has 2 aromatic heterocycles. The van der Waals surface area contributed by atoms with E-state index in [1.54, 1.807) is 29.8 Å². The Morgan fingerprint density at radius 1 is 1.32 bits per heavy atom. The lowest BCUT2D eigenvalue weighted by Gasteiger charge is -1.96. The number of methoxy groups -OCH3 is 1. The predicted molar refractivity (Wildman–Crippen MR) is 82.3 cm³/mol. The van der Waals surface area contributed by atoms with Crippen molar-refractivity contribution >= 4 is 27.8 Å². The average molecular weight is 297 g/mol. The lowest BCUT2D eigenvalue weighted by Crippen LogP contribution is -1.94. The van der Waals surface area contributed by atoms with Crippen LogP contribution in [0.2, 0.25) is 0 Å². The quantitative estimate of drug-likeness (QED) is 0.850. The average Bonchev–Trinajstić information content (AvgIpc) is 3.03. The maximum Gasteiger partial charge on any atom is 0.182 e. The van der Waals surface area contributed by atoms with Crippen LogP contribution in [-0.4, -0.2) is 30.7 Å². The molecule has 0 aliphatic carbocycles. The first-order valence-electron chi connectivity index (χ1n) is 6.39. The summed E-state index contributed by atoms with van der Waals surface area (Å²) in [6, 6.07) is 0. The number of ether oxygens (including phenoxy) is 1. The molecule has 0 fully saturated rings. The molecule has 0 unspecified atom stereocenters. The van der Waals surface area contributed by atoms with Crippen LogP contribution in [-0.2, 0) is 17.6 Å². The zero-order chi connectivity index (χ0) is 13.7. The van der Waals surface area contributed by atoms with E-state index in [0.717, 1.165) is 41.7 Å². The predicted octanol–water partition coefficient (Wildman–Crippen LogP) is 3.45. The Morgan fingerprint density at radius 3 is 2.79 bits per heavy atom. The number of thiazole rings is 2. The van der Waals surface area contributed by atoms with Crippen molar-refractivity contribution in [2.45, 2.75) is 26.2 Å². The number of hydrogen-bond acceptors (Lipinski definition) is 6. The fraction of sp³-hybridized carbons (Fsp3) is 0.538. The SMILES string of the molecule is CCCc1nc(CCOC)sc1-c1csc(NC)n1. The third-order valence-corrected chi connectivity index (χ3v) is 4.74. The van der Waals surface area contributed by atoms with Crippen LogP contribution >= 0.6 is 22.7 Å². The fourth-order valence-corrected chi connectivity index (χ4v) is 3.59. The van der Waals surface area contributed by atoms with E-state index in [1.807, 2.05) is 7.05 Å². The molecule has 0 aromatic carbocycles. The van der Waals surface area contributed by atoms with Crippen molar-refractivity contribution in [3.8, 4) is 10.6 Å². The molecule has 0 spiro atoms. The highest BCUT2D eigenvalue weighted by Crippen LogP contribution is 2.33. The number of aryl methyl sites for hydroxylation is 1. The molecule has 6 heteroatoms. The second-order valence-electron chi connectivity index (χ2n) is 4.16. The van der Waals surface area contributed by atoms with Crippen LogP contribution in [0.15, 0.2) is 5.38 Å². The highest BCUT2D eigenvalue weighted by molar-refractivity contribution is 7.16. The summed E-state index contributed by atoms with van der Waals surface area (Å²) in [4.78, 5) is 10.5. The molecular formula is C13H19N3OS2. The van der Waals surface area contributed by atoms with Crippen molar-refractivity contribution in [2.24, 2.45) is 0 Å². The molecule has 0 radical (unpaired) electrons. The molecular weight excluding hydrogens is 278 g/mol. The number of hydrogen-bond donors (Lipinski definition) is 1. The highest BCUT2D eigenvalue weighted by Gasteiger charge is 2.15. The Balaban J connectivity index is 2.28. The molecule has 0 aliphatic rings. The van der Waals surface area contributed by atoms with E-state index in [2.05, 4.69) is 22.6 Å². The first-order valence-corrected chi connectivity index (χ1v) is 8.09. The van der Waals surface area contributed by atoms with Gasteiger partial charge in [-0.25, -0.2) is 9.97 Å². The summed E-state index contributed by atoms with van der Waals surface area (Å²) in [5.41, 5.74) is 2.21. The molecule has 4 nitrogen and oxygen atoms in total. The molecule has 2 aromatic rings. The van der Waals surface area contributed by atoms with E-state index >= 15 is 0 Å². The third-order valence-electron chi connectivity index (χ3n) is 2.70. The van der Waals surface area contributed by atoms with Crippen LogP contribution in [0.1, 0.15) is 24.0 Å². The summed E-state index contributed by atoms with van der Waals surface area (Å²) in [6.07, 6.45) is 2.98. The molecule has 0 saturated carbocycles. The summed E-state index contributed by atoms with van der Waals surface area (Å²) in [5.74, 6) is 0. The van der Waals surface area contributed by atoms with Gasteiger partial charge < -0.3 is 10.1 Å². The molecule has 1 N–H and O–H groups in total. The Hall–Kier alpha value is -0.980. The smallest absolute Gasteiger partial charge is 0.182 e. The Morgan fingerprint density at radius 2 is 2.16 bits per heavy atom. The van der Waals surface area contributed by atoms with Crippen LogP contribution in [0.3, 0.4) is 0 Å². The number of nitrogens with one attached hydrogen (secondary N) is 1. The van der Waals surface area contributed by atoms with Crippen LogP contribution < -0.4 is 5.32 Å². The van der Waals surface area contributed by atoms with E-state index in [1.165, 1.54) is 10.6 Å². The van der Waals surface area contributed by atoms with Gasteiger partial charge in [-0.15, -0.1) is 22.7 Å². The first-order chi connectivity index (χ1) is 9.28. The van der Waals surface area contributed by atoms with Gasteiger partial charge in [0.15, 0.2) is 5.13 Å². The molecule has 2 heterocycles. The maximum atomic E-state index is 5.13. The van der Waals surface area contributed by atoms with E-state index in [4.69, 9.17) is 9.72 Å². The van der Waals surface area contributed by atoms with E-state index in [0.29, 0.717) is 0 Å². The third kappa shape index (κ3) is 3.52. The van der Waals surface area contributed by atoms with Crippen LogP contribution in [0, 0.1) is 0 Å². The van der Waals surface area contributed by atoms with E-state index < -0.39 is 0 Å². The minimum atomic E-state index is 0.720. The topological polar surface area (TPSA) is 47.0 Å². The van der Waals surface area contributed by atoms with Gasteiger partial charge >= 0.3 is 0 Å². The minimum Gasteiger partial charge on any atom is -0.384 e. The Kier molecular flexibility index (Phi) is 5.30. The van der Waals surface area contributed by atoms with Gasteiger partial charge in [0.05, 0.1) is 27.9 Å². The number of nitrogens with zero attached hydrogens (tertiary/aromatic N) is 2. The van der Waals surface area contributed by atoms with Gasteiger partial charge in [0, 0.05) is 26.0 Å². The Labute approximate surface area is 121 Å². The standard InChI is InChI=1S/C13H19N3OS2/c1-4-5-9-12(10-8-18-13(14-2)16-10)19-11(15-9)6-7-17-3/h8H,4-7H2,1-3H3,(H,14,16). The van der Waals surface area contributed by atoms with Crippen molar-refractivity contribution in [1.82, 2.24) is 9.97 Å². The fourth-order valence-electron chi connectivity index (χ4n) is 1.80. The molecule has 104 valence electrons. The second-order valence-corrected chi connectivity index (χ2v) is 6.11. The summed E-state index contributed by atoms with van der Waals surface area (Å²) >= 11 is 3.37. The monoisotopic (exact) mass is 297 g/mol. The van der Waals surface area contributed by atoms with E-state index in [9.17, 15) is 0 Å². The molecule has 0 amide bonds. The zero-order valence-corrected chi connectivity index (χ0v) is 13.2. The molecule has 0 aliphatic heterocycles. The summed E-state index contributed by atoms with van der Waals surface area (Å²) < 4.78 is 5.13. The largest absolute Gasteiger partial charge is 0.384 e.